The predicted octanol–water partition coefficient (Wildman–Crippen LogP) is 4.88. The molecular weight excluding hydrogens is 532 g/mol. The van der Waals surface area contributed by atoms with Crippen LogP contribution in [0.3, 0.4) is 0 Å². The lowest BCUT2D eigenvalue weighted by molar-refractivity contribution is 0.0588. The molecule has 38 heavy (non-hydrogen) atoms. The van der Waals surface area contributed by atoms with Gasteiger partial charge in [-0.05, 0) is 25.5 Å². The molecule has 0 aliphatic heterocycles. The van der Waals surface area contributed by atoms with Gasteiger partial charge in [0.1, 0.15) is 34.5 Å². The van der Waals surface area contributed by atoms with Gasteiger partial charge in [0.2, 0.25) is 0 Å². The summed E-state index contributed by atoms with van der Waals surface area (Å²) in [5.74, 6) is -6.37. The number of rotatable bonds is 6. The Hall–Kier alpha value is -4.32. The molecule has 0 atom stereocenters. The summed E-state index contributed by atoms with van der Waals surface area (Å²) < 4.78 is 85.0. The lowest BCUT2D eigenvalue weighted by Crippen LogP contribution is -2.24. The summed E-state index contributed by atoms with van der Waals surface area (Å²) in [5.41, 5.74) is -3.92. The van der Waals surface area contributed by atoms with Crippen LogP contribution in [0.25, 0.3) is 16.9 Å². The van der Waals surface area contributed by atoms with E-state index in [1.807, 2.05) is 0 Å². The van der Waals surface area contributed by atoms with Gasteiger partial charge in [0, 0.05) is 35.8 Å². The highest BCUT2D eigenvalue weighted by Crippen LogP contribution is 2.31. The average Bonchev–Trinajstić information content (AvgIpc) is 2.88. The molecule has 0 spiro atoms. The van der Waals surface area contributed by atoms with Gasteiger partial charge in [-0.15, -0.1) is 0 Å². The molecule has 0 saturated carbocycles. The van der Waals surface area contributed by atoms with E-state index in [0.29, 0.717) is 12.3 Å². The van der Waals surface area contributed by atoms with Crippen LogP contribution in [0.2, 0.25) is 5.02 Å². The molecule has 0 bridgehead atoms. The minimum atomic E-state index is -2.99. The number of esters is 1. The van der Waals surface area contributed by atoms with Gasteiger partial charge in [-0.3, -0.25) is 19.3 Å². The first-order chi connectivity index (χ1) is 18.8. The molecule has 0 N–H and O–H groups in total. The van der Waals surface area contributed by atoms with E-state index in [2.05, 4.69) is 19.7 Å². The number of hydrogen-bond acceptors (Lipinski definition) is 7. The lowest BCUT2D eigenvalue weighted by atomic mass is 10.1. The molecule has 0 aromatic carbocycles. The van der Waals surface area contributed by atoms with Gasteiger partial charge < -0.3 is 9.47 Å². The summed E-state index contributed by atoms with van der Waals surface area (Å²) in [7, 11) is 1.02. The second-order valence-electron chi connectivity index (χ2n) is 7.76. The van der Waals surface area contributed by atoms with Gasteiger partial charge in [-0.2, -0.15) is 0 Å². The van der Waals surface area contributed by atoms with Crippen molar-refractivity contribution >= 4 is 17.6 Å². The molecule has 0 amide bonds. The van der Waals surface area contributed by atoms with Crippen molar-refractivity contribution in [3.05, 3.63) is 98.1 Å². The fourth-order valence-electron chi connectivity index (χ4n) is 3.52. The molecule has 0 saturated heterocycles. The number of nitrogens with zero attached hydrogens (tertiary/aromatic N) is 4. The quantitative estimate of drug-likeness (QED) is 0.249. The highest BCUT2D eigenvalue weighted by atomic mass is 35.5. The Kier molecular flexibility index (Phi) is 6.69. The molecule has 0 fully saturated rings. The van der Waals surface area contributed by atoms with Crippen molar-refractivity contribution in [2.75, 3.05) is 7.11 Å². The van der Waals surface area contributed by atoms with E-state index >= 15 is 8.78 Å². The Labute approximate surface area is 220 Å². The van der Waals surface area contributed by atoms with E-state index in [9.17, 15) is 18.4 Å². The number of carbonyl (C=O) groups is 1. The maximum Gasteiger partial charge on any atom is 0.359 e. The SMILES string of the molecule is [2H]C([2H])(Oc1cc(C)n(-c2c(C)cnc(-c3ccnc(C(=O)OC)c3F)c2F)c(=O)c1Cl)c1ncc(F)cc1F. The average molecular weight is 551 g/mol. The van der Waals surface area contributed by atoms with Gasteiger partial charge >= 0.3 is 5.97 Å². The normalized spacial score (nSPS) is 12.1. The van der Waals surface area contributed by atoms with Gasteiger partial charge in [0.15, 0.2) is 23.1 Å². The Morgan fingerprint density at radius 2 is 1.84 bits per heavy atom. The maximum absolute atomic E-state index is 15.9. The third-order valence-electron chi connectivity index (χ3n) is 5.29. The van der Waals surface area contributed by atoms with Crippen molar-refractivity contribution in [2.24, 2.45) is 0 Å². The van der Waals surface area contributed by atoms with Crippen LogP contribution in [-0.2, 0) is 11.3 Å². The molecule has 0 aliphatic carbocycles. The van der Waals surface area contributed by atoms with E-state index in [1.165, 1.54) is 13.8 Å². The maximum atomic E-state index is 15.9. The van der Waals surface area contributed by atoms with E-state index in [0.717, 1.165) is 36.2 Å². The highest BCUT2D eigenvalue weighted by molar-refractivity contribution is 6.31. The molecule has 4 heterocycles. The van der Waals surface area contributed by atoms with Crippen LogP contribution >= 0.6 is 11.6 Å². The minimum Gasteiger partial charge on any atom is -0.485 e. The van der Waals surface area contributed by atoms with Gasteiger partial charge in [-0.25, -0.2) is 27.3 Å². The van der Waals surface area contributed by atoms with Crippen LogP contribution < -0.4 is 10.3 Å². The number of aryl methyl sites for hydroxylation is 2. The number of aromatic nitrogens is 4. The van der Waals surface area contributed by atoms with Crippen molar-refractivity contribution < 1.29 is 34.6 Å². The summed E-state index contributed by atoms with van der Waals surface area (Å²) in [4.78, 5) is 36.1. The number of halogens is 5. The fourth-order valence-corrected chi connectivity index (χ4v) is 3.70. The van der Waals surface area contributed by atoms with Crippen LogP contribution in [0.15, 0.2) is 41.6 Å². The molecule has 4 aromatic rings. The molecule has 196 valence electrons. The first-order valence-electron chi connectivity index (χ1n) is 11.6. The lowest BCUT2D eigenvalue weighted by Gasteiger charge is -2.18. The first-order valence-corrected chi connectivity index (χ1v) is 11.0. The summed E-state index contributed by atoms with van der Waals surface area (Å²) in [6.45, 7) is -0.226. The van der Waals surface area contributed by atoms with E-state index in [-0.39, 0.29) is 16.9 Å². The molecule has 0 aliphatic rings. The van der Waals surface area contributed by atoms with Gasteiger partial charge in [0.25, 0.3) is 5.56 Å². The van der Waals surface area contributed by atoms with Crippen LogP contribution in [0.4, 0.5) is 17.6 Å². The third-order valence-corrected chi connectivity index (χ3v) is 5.64. The predicted molar refractivity (Wildman–Crippen MR) is 127 cm³/mol. The van der Waals surface area contributed by atoms with E-state index in [1.54, 1.807) is 0 Å². The Morgan fingerprint density at radius 1 is 1.11 bits per heavy atom. The molecule has 8 nitrogen and oxygen atoms in total. The molecule has 4 rings (SSSR count). The molecular formula is C25H17ClF4N4O4. The number of pyridine rings is 4. The summed E-state index contributed by atoms with van der Waals surface area (Å²) in [6, 6.07) is 2.57. The topological polar surface area (TPSA) is 96.2 Å². The standard InChI is InChI=1S/C25H17ClF4N4O4/c1-11-8-33-21(14-4-5-31-22(19(14)29)25(36)37-3)20(30)23(11)34-12(2)6-17(18(26)24(34)35)38-10-16-15(28)7-13(27)9-32-16/h4-9H,10H2,1-3H3/i10D2. The fraction of sp³-hybridized carbons (Fsp3) is 0.160. The Morgan fingerprint density at radius 3 is 2.53 bits per heavy atom. The summed E-state index contributed by atoms with van der Waals surface area (Å²) in [6.07, 6.45) is 2.80. The first kappa shape index (κ1) is 24.0. The van der Waals surface area contributed by atoms with E-state index in [4.69, 9.17) is 19.1 Å². The molecule has 4 aromatic heterocycles. The zero-order chi connectivity index (χ0) is 29.5. The van der Waals surface area contributed by atoms with Crippen LogP contribution in [-0.4, -0.2) is 32.6 Å². The van der Waals surface area contributed by atoms with Gasteiger partial charge in [-0.1, -0.05) is 11.6 Å². The van der Waals surface area contributed by atoms with Crippen molar-refractivity contribution in [1.29, 1.82) is 0 Å². The molecule has 13 heteroatoms. The zero-order valence-corrected chi connectivity index (χ0v) is 20.5. The Balaban J connectivity index is 1.85. The summed E-state index contributed by atoms with van der Waals surface area (Å²) in [5, 5.41) is -0.711. The third kappa shape index (κ3) is 4.82. The van der Waals surface area contributed by atoms with Crippen molar-refractivity contribution in [3.63, 3.8) is 0 Å². The summed E-state index contributed by atoms with van der Waals surface area (Å²) >= 11 is 6.18. The minimum absolute atomic E-state index is 0.0164. The number of hydrogen-bond donors (Lipinski definition) is 0. The van der Waals surface area contributed by atoms with Crippen molar-refractivity contribution in [3.8, 4) is 22.7 Å². The molecule has 0 radical (unpaired) electrons. The van der Waals surface area contributed by atoms with Gasteiger partial charge in [0.05, 0.1) is 21.7 Å². The zero-order valence-electron chi connectivity index (χ0n) is 21.8. The van der Waals surface area contributed by atoms with E-state index < -0.39 is 74.8 Å². The number of ether oxygens (including phenoxy) is 2. The number of methoxy groups -OCH3 is 1. The smallest absolute Gasteiger partial charge is 0.359 e. The second-order valence-corrected chi connectivity index (χ2v) is 8.14. The largest absolute Gasteiger partial charge is 0.485 e. The monoisotopic (exact) mass is 550 g/mol. The second kappa shape index (κ2) is 10.6. The number of carbonyl (C=O) groups excluding carboxylic acids is 1. The van der Waals surface area contributed by atoms with Crippen molar-refractivity contribution in [1.82, 2.24) is 19.5 Å². The van der Waals surface area contributed by atoms with Crippen LogP contribution in [0, 0.1) is 37.1 Å². The van der Waals surface area contributed by atoms with Crippen LogP contribution in [0.5, 0.6) is 5.75 Å². The van der Waals surface area contributed by atoms with Crippen molar-refractivity contribution in [2.45, 2.75) is 20.4 Å². The molecule has 0 unspecified atom stereocenters. The highest BCUT2D eigenvalue weighted by Gasteiger charge is 2.25. The van der Waals surface area contributed by atoms with Crippen LogP contribution in [0.1, 0.15) is 30.2 Å². The Bertz CT molecular complexity index is 1740.